The molecule has 1 aliphatic heterocycles. The normalized spacial score (nSPS) is 17.5. The van der Waals surface area contributed by atoms with Crippen molar-refractivity contribution < 1.29 is 9.18 Å². The fourth-order valence-corrected chi connectivity index (χ4v) is 3.80. The first-order chi connectivity index (χ1) is 14.2. The fraction of sp³-hybridized carbons (Fsp3) is 0.476. The first-order valence-electron chi connectivity index (χ1n) is 10.1. The molecule has 1 amide bonds. The van der Waals surface area contributed by atoms with Gasteiger partial charge in [0.1, 0.15) is 11.6 Å². The highest BCUT2D eigenvalue weighted by molar-refractivity contribution is 5.81. The van der Waals surface area contributed by atoms with Gasteiger partial charge in [-0.25, -0.2) is 14.1 Å². The number of halogens is 1. The summed E-state index contributed by atoms with van der Waals surface area (Å²) in [6.45, 7) is 7.28. The molecule has 4 rings (SSSR count). The molecule has 8 nitrogen and oxygen atoms in total. The molecule has 1 N–H and O–H groups in total. The smallest absolute Gasteiger partial charge is 0.281 e. The number of aromatic amines is 1. The molecule has 0 radical (unpaired) electrons. The maximum absolute atomic E-state index is 13.2. The molecule has 158 valence electrons. The molecule has 3 aromatic rings. The number of carbonyl (C=O) groups excluding carboxylic acids is 1. The van der Waals surface area contributed by atoms with Crippen LogP contribution in [0.2, 0.25) is 0 Å². The van der Waals surface area contributed by atoms with Crippen LogP contribution in [0.4, 0.5) is 4.39 Å². The maximum atomic E-state index is 13.2. The van der Waals surface area contributed by atoms with Gasteiger partial charge in [0.2, 0.25) is 5.91 Å². The number of rotatable bonds is 3. The van der Waals surface area contributed by atoms with Crippen LogP contribution < -0.4 is 5.56 Å². The van der Waals surface area contributed by atoms with E-state index in [1.54, 1.807) is 16.8 Å². The SMILES string of the molecule is CC(C)(C)C(=O)N1CCCC(c2nc3c(nnn3Cc3ccc(F)cc3)c(=O)[nH]2)C1. The van der Waals surface area contributed by atoms with Crippen molar-refractivity contribution in [3.63, 3.8) is 0 Å². The highest BCUT2D eigenvalue weighted by Crippen LogP contribution is 2.28. The molecule has 9 heteroatoms. The largest absolute Gasteiger partial charge is 0.342 e. The van der Waals surface area contributed by atoms with Gasteiger partial charge in [-0.15, -0.1) is 5.10 Å². The highest BCUT2D eigenvalue weighted by Gasteiger charge is 2.32. The number of hydrogen-bond donors (Lipinski definition) is 1. The molecule has 1 unspecified atom stereocenters. The van der Waals surface area contributed by atoms with E-state index < -0.39 is 5.41 Å². The molecule has 1 atom stereocenters. The third kappa shape index (κ3) is 3.96. The van der Waals surface area contributed by atoms with Crippen LogP contribution in [0.3, 0.4) is 0 Å². The van der Waals surface area contributed by atoms with Gasteiger partial charge in [-0.05, 0) is 30.5 Å². The van der Waals surface area contributed by atoms with Gasteiger partial charge < -0.3 is 9.88 Å². The molecular weight excluding hydrogens is 387 g/mol. The van der Waals surface area contributed by atoms with E-state index in [4.69, 9.17) is 0 Å². The van der Waals surface area contributed by atoms with Crippen molar-refractivity contribution in [2.75, 3.05) is 13.1 Å². The zero-order valence-electron chi connectivity index (χ0n) is 17.4. The topological polar surface area (TPSA) is 96.8 Å². The standard InChI is InChI=1S/C21H25FN6O2/c1-21(2,3)20(30)27-10-4-5-14(12-27)17-23-18-16(19(29)24-17)25-26-28(18)11-13-6-8-15(22)9-7-13/h6-9,14H,4-5,10-12H2,1-3H3,(H,23,24,29). The molecular formula is C21H25FN6O2. The van der Waals surface area contributed by atoms with Gasteiger partial charge in [-0.1, -0.05) is 38.1 Å². The van der Waals surface area contributed by atoms with Crippen molar-refractivity contribution in [3.8, 4) is 0 Å². The van der Waals surface area contributed by atoms with Crippen LogP contribution >= 0.6 is 0 Å². The maximum Gasteiger partial charge on any atom is 0.281 e. The lowest BCUT2D eigenvalue weighted by Crippen LogP contribution is -2.45. The van der Waals surface area contributed by atoms with E-state index in [2.05, 4.69) is 20.3 Å². The number of nitrogens with one attached hydrogen (secondary N) is 1. The van der Waals surface area contributed by atoms with Crippen LogP contribution in [0.15, 0.2) is 29.1 Å². The summed E-state index contributed by atoms with van der Waals surface area (Å²) < 4.78 is 14.7. The molecule has 2 aromatic heterocycles. The Morgan fingerprint density at radius 2 is 2.00 bits per heavy atom. The third-order valence-electron chi connectivity index (χ3n) is 5.37. The van der Waals surface area contributed by atoms with Gasteiger partial charge in [0.05, 0.1) is 6.54 Å². The number of amides is 1. The molecule has 1 saturated heterocycles. The van der Waals surface area contributed by atoms with E-state index in [1.165, 1.54) is 12.1 Å². The minimum Gasteiger partial charge on any atom is -0.342 e. The molecule has 1 aliphatic rings. The summed E-state index contributed by atoms with van der Waals surface area (Å²) >= 11 is 0. The second kappa shape index (κ2) is 7.62. The van der Waals surface area contributed by atoms with Gasteiger partial charge in [-0.3, -0.25) is 9.59 Å². The number of carbonyl (C=O) groups is 1. The van der Waals surface area contributed by atoms with Gasteiger partial charge >= 0.3 is 0 Å². The summed E-state index contributed by atoms with van der Waals surface area (Å²) in [5.41, 5.74) is 0.576. The number of H-pyrrole nitrogens is 1. The van der Waals surface area contributed by atoms with E-state index in [1.807, 2.05) is 25.7 Å². The second-order valence-corrected chi connectivity index (χ2v) is 8.84. The van der Waals surface area contributed by atoms with Crippen LogP contribution in [0.1, 0.15) is 50.9 Å². The number of likely N-dealkylation sites (tertiary alicyclic amines) is 1. The number of benzene rings is 1. The van der Waals surface area contributed by atoms with E-state index >= 15 is 0 Å². The van der Waals surface area contributed by atoms with Crippen LogP contribution in [0.25, 0.3) is 11.2 Å². The summed E-state index contributed by atoms with van der Waals surface area (Å²) in [4.78, 5) is 34.6. The Morgan fingerprint density at radius 3 is 2.70 bits per heavy atom. The Balaban J connectivity index is 1.64. The minimum atomic E-state index is -0.454. The average molecular weight is 412 g/mol. The van der Waals surface area contributed by atoms with Gasteiger partial charge in [0, 0.05) is 24.4 Å². The molecule has 1 aromatic carbocycles. The Kier molecular flexibility index (Phi) is 5.13. The first kappa shape index (κ1) is 20.2. The molecule has 3 heterocycles. The predicted molar refractivity (Wildman–Crippen MR) is 109 cm³/mol. The molecule has 0 saturated carbocycles. The minimum absolute atomic E-state index is 0.0590. The van der Waals surface area contributed by atoms with E-state index in [9.17, 15) is 14.0 Å². The fourth-order valence-electron chi connectivity index (χ4n) is 3.80. The van der Waals surface area contributed by atoms with Gasteiger partial charge in [-0.2, -0.15) is 0 Å². The Bertz CT molecular complexity index is 1130. The zero-order chi connectivity index (χ0) is 21.5. The van der Waals surface area contributed by atoms with Crippen molar-refractivity contribution in [3.05, 3.63) is 51.8 Å². The summed E-state index contributed by atoms with van der Waals surface area (Å²) in [5.74, 6) is 0.266. The van der Waals surface area contributed by atoms with Crippen molar-refractivity contribution >= 4 is 17.1 Å². The number of aromatic nitrogens is 5. The molecule has 1 fully saturated rings. The van der Waals surface area contributed by atoms with E-state index in [-0.39, 0.29) is 28.7 Å². The summed E-state index contributed by atoms with van der Waals surface area (Å²) in [5, 5.41) is 8.02. The lowest BCUT2D eigenvalue weighted by atomic mass is 9.91. The monoisotopic (exact) mass is 412 g/mol. The number of hydrogen-bond acceptors (Lipinski definition) is 5. The summed E-state index contributed by atoms with van der Waals surface area (Å²) in [6.07, 6.45) is 1.68. The number of piperidine rings is 1. The van der Waals surface area contributed by atoms with Gasteiger partial charge in [0.15, 0.2) is 11.2 Å². The Labute approximate surface area is 173 Å². The van der Waals surface area contributed by atoms with Crippen LogP contribution in [0, 0.1) is 11.2 Å². The summed E-state index contributed by atoms with van der Waals surface area (Å²) in [7, 11) is 0. The molecule has 0 bridgehead atoms. The Morgan fingerprint density at radius 1 is 1.27 bits per heavy atom. The van der Waals surface area contributed by atoms with E-state index in [0.717, 1.165) is 18.4 Å². The zero-order valence-corrected chi connectivity index (χ0v) is 17.4. The predicted octanol–water partition coefficient (Wildman–Crippen LogP) is 2.45. The van der Waals surface area contributed by atoms with Crippen LogP contribution in [-0.2, 0) is 11.3 Å². The lowest BCUT2D eigenvalue weighted by molar-refractivity contribution is -0.140. The van der Waals surface area contributed by atoms with Crippen LogP contribution in [0.5, 0.6) is 0 Å². The van der Waals surface area contributed by atoms with Crippen LogP contribution in [-0.4, -0.2) is 48.9 Å². The van der Waals surface area contributed by atoms with Crippen molar-refractivity contribution in [2.24, 2.45) is 5.41 Å². The molecule has 30 heavy (non-hydrogen) atoms. The summed E-state index contributed by atoms with van der Waals surface area (Å²) in [6, 6.07) is 6.08. The Hall–Kier alpha value is -3.10. The van der Waals surface area contributed by atoms with Crippen molar-refractivity contribution in [2.45, 2.75) is 46.1 Å². The number of fused-ring (bicyclic) bond motifs is 1. The number of nitrogens with zero attached hydrogens (tertiary/aromatic N) is 5. The molecule has 0 spiro atoms. The van der Waals surface area contributed by atoms with Crippen molar-refractivity contribution in [1.29, 1.82) is 0 Å². The van der Waals surface area contributed by atoms with E-state index in [0.29, 0.717) is 31.1 Å². The first-order valence-corrected chi connectivity index (χ1v) is 10.1. The van der Waals surface area contributed by atoms with Crippen molar-refractivity contribution in [1.82, 2.24) is 29.9 Å². The lowest BCUT2D eigenvalue weighted by Gasteiger charge is -2.36. The quantitative estimate of drug-likeness (QED) is 0.713. The average Bonchev–Trinajstić information content (AvgIpc) is 3.12. The molecule has 0 aliphatic carbocycles. The highest BCUT2D eigenvalue weighted by atomic mass is 19.1. The third-order valence-corrected chi connectivity index (χ3v) is 5.37. The second-order valence-electron chi connectivity index (χ2n) is 8.84. The van der Waals surface area contributed by atoms with Gasteiger partial charge in [0.25, 0.3) is 5.56 Å².